The highest BCUT2D eigenvalue weighted by atomic mass is 16.5. The lowest BCUT2D eigenvalue weighted by Gasteiger charge is -2.20. The first kappa shape index (κ1) is 13.7. The van der Waals surface area contributed by atoms with Crippen LogP contribution in [0.15, 0.2) is 12.3 Å². The molecule has 0 radical (unpaired) electrons. The number of hydrogen-bond donors (Lipinski definition) is 1. The number of ether oxygens (including phenoxy) is 2. The van der Waals surface area contributed by atoms with Gasteiger partial charge in [-0.05, 0) is 6.54 Å². The fraction of sp³-hybridized carbons (Fsp3) is 0.583. The summed E-state index contributed by atoms with van der Waals surface area (Å²) in [6, 6.07) is 1.79. The summed E-state index contributed by atoms with van der Waals surface area (Å²) < 4.78 is 10.6. The summed E-state index contributed by atoms with van der Waals surface area (Å²) in [5, 5.41) is 0. The van der Waals surface area contributed by atoms with Crippen molar-refractivity contribution in [1.29, 1.82) is 0 Å². The first-order valence-corrected chi connectivity index (χ1v) is 5.75. The van der Waals surface area contributed by atoms with Gasteiger partial charge in [0.2, 0.25) is 0 Å². The Bertz CT molecular complexity index is 345. The van der Waals surface area contributed by atoms with E-state index in [1.54, 1.807) is 26.5 Å². The number of nitrogens with two attached hydrogens (primary N) is 1. The van der Waals surface area contributed by atoms with E-state index in [0.717, 1.165) is 18.8 Å². The Hall–Kier alpha value is -1.33. The summed E-state index contributed by atoms with van der Waals surface area (Å²) in [7, 11) is 3.25. The fourth-order valence-corrected chi connectivity index (χ4v) is 1.71. The normalized spacial score (nSPS) is 10.6. The van der Waals surface area contributed by atoms with Gasteiger partial charge in [-0.3, -0.25) is 9.88 Å². The van der Waals surface area contributed by atoms with Crippen molar-refractivity contribution < 1.29 is 9.47 Å². The highest BCUT2D eigenvalue weighted by Crippen LogP contribution is 2.29. The molecule has 0 aliphatic heterocycles. The first-order valence-electron chi connectivity index (χ1n) is 5.75. The van der Waals surface area contributed by atoms with Crippen LogP contribution in [0.5, 0.6) is 11.5 Å². The van der Waals surface area contributed by atoms with Crippen LogP contribution in [-0.2, 0) is 6.54 Å². The number of hydrogen-bond acceptors (Lipinski definition) is 5. The Morgan fingerprint density at radius 2 is 2.12 bits per heavy atom. The minimum Gasteiger partial charge on any atom is -0.493 e. The zero-order valence-electron chi connectivity index (χ0n) is 10.8. The molecule has 0 unspecified atom stereocenters. The van der Waals surface area contributed by atoms with Gasteiger partial charge >= 0.3 is 0 Å². The summed E-state index contributed by atoms with van der Waals surface area (Å²) in [5.41, 5.74) is 6.44. The molecule has 0 amide bonds. The molecule has 0 bridgehead atoms. The van der Waals surface area contributed by atoms with Gasteiger partial charge in [0.1, 0.15) is 5.69 Å². The minimum atomic E-state index is 0.639. The monoisotopic (exact) mass is 239 g/mol. The number of methoxy groups -OCH3 is 2. The smallest absolute Gasteiger partial charge is 0.183 e. The van der Waals surface area contributed by atoms with E-state index in [0.29, 0.717) is 24.6 Å². The van der Waals surface area contributed by atoms with E-state index in [4.69, 9.17) is 15.2 Å². The van der Waals surface area contributed by atoms with Gasteiger partial charge in [0.25, 0.3) is 0 Å². The van der Waals surface area contributed by atoms with Gasteiger partial charge in [-0.15, -0.1) is 0 Å². The van der Waals surface area contributed by atoms with Gasteiger partial charge in [0.05, 0.1) is 14.2 Å². The zero-order valence-corrected chi connectivity index (χ0v) is 10.8. The van der Waals surface area contributed by atoms with Crippen LogP contribution < -0.4 is 15.2 Å². The highest BCUT2D eigenvalue weighted by Gasteiger charge is 2.13. The molecular formula is C12H21N3O2. The van der Waals surface area contributed by atoms with Crippen LogP contribution >= 0.6 is 0 Å². The summed E-state index contributed by atoms with van der Waals surface area (Å²) in [5.74, 6) is 1.41. The molecule has 1 aromatic rings. The molecule has 0 fully saturated rings. The van der Waals surface area contributed by atoms with Gasteiger partial charge in [0.15, 0.2) is 11.5 Å². The molecule has 0 aliphatic carbocycles. The van der Waals surface area contributed by atoms with Crippen LogP contribution in [0.2, 0.25) is 0 Å². The summed E-state index contributed by atoms with van der Waals surface area (Å²) in [4.78, 5) is 6.55. The van der Waals surface area contributed by atoms with Crippen molar-refractivity contribution in [2.24, 2.45) is 5.73 Å². The lowest BCUT2D eigenvalue weighted by molar-refractivity contribution is 0.274. The van der Waals surface area contributed by atoms with Crippen LogP contribution in [0.4, 0.5) is 0 Å². The summed E-state index contributed by atoms with van der Waals surface area (Å²) in [6.07, 6.45) is 1.73. The zero-order chi connectivity index (χ0) is 12.7. The van der Waals surface area contributed by atoms with Crippen LogP contribution in [0.1, 0.15) is 12.6 Å². The van der Waals surface area contributed by atoms with Crippen LogP contribution in [0.3, 0.4) is 0 Å². The van der Waals surface area contributed by atoms with Gasteiger partial charge < -0.3 is 15.2 Å². The van der Waals surface area contributed by atoms with Crippen molar-refractivity contribution in [2.45, 2.75) is 13.5 Å². The van der Waals surface area contributed by atoms with E-state index in [-0.39, 0.29) is 0 Å². The quantitative estimate of drug-likeness (QED) is 0.765. The standard InChI is InChI=1S/C12H21N3O2/c1-4-15(8-6-13)9-10-12(17-3)11(16-2)5-7-14-10/h5,7H,4,6,8-9,13H2,1-3H3. The number of rotatable bonds is 7. The summed E-state index contributed by atoms with van der Waals surface area (Å²) in [6.45, 7) is 5.23. The van der Waals surface area contributed by atoms with E-state index in [2.05, 4.69) is 16.8 Å². The largest absolute Gasteiger partial charge is 0.493 e. The molecule has 0 aromatic carbocycles. The SMILES string of the molecule is CCN(CCN)Cc1nccc(OC)c1OC. The van der Waals surface area contributed by atoms with Crippen LogP contribution in [0, 0.1) is 0 Å². The Morgan fingerprint density at radius 3 is 2.65 bits per heavy atom. The van der Waals surface area contributed by atoms with Crippen molar-refractivity contribution in [3.8, 4) is 11.5 Å². The number of pyridine rings is 1. The van der Waals surface area contributed by atoms with E-state index in [9.17, 15) is 0 Å². The van der Waals surface area contributed by atoms with Crippen molar-refractivity contribution in [3.63, 3.8) is 0 Å². The van der Waals surface area contributed by atoms with Crippen molar-refractivity contribution in [3.05, 3.63) is 18.0 Å². The van der Waals surface area contributed by atoms with E-state index in [1.165, 1.54) is 0 Å². The molecule has 96 valence electrons. The van der Waals surface area contributed by atoms with Gasteiger partial charge in [-0.2, -0.15) is 0 Å². The van der Waals surface area contributed by atoms with E-state index < -0.39 is 0 Å². The van der Waals surface area contributed by atoms with Gasteiger partial charge in [-0.25, -0.2) is 0 Å². The molecule has 5 heteroatoms. The second-order valence-corrected chi connectivity index (χ2v) is 3.65. The predicted molar refractivity (Wildman–Crippen MR) is 67.3 cm³/mol. The van der Waals surface area contributed by atoms with Crippen LogP contribution in [0.25, 0.3) is 0 Å². The second-order valence-electron chi connectivity index (χ2n) is 3.65. The molecule has 5 nitrogen and oxygen atoms in total. The molecule has 0 saturated carbocycles. The Labute approximate surface area is 103 Å². The average Bonchev–Trinajstić information content (AvgIpc) is 2.37. The van der Waals surface area contributed by atoms with Gasteiger partial charge in [0, 0.05) is 31.9 Å². The van der Waals surface area contributed by atoms with E-state index in [1.807, 2.05) is 0 Å². The maximum absolute atomic E-state index is 5.57. The maximum atomic E-state index is 5.57. The molecule has 0 atom stereocenters. The molecule has 1 rings (SSSR count). The molecule has 1 aromatic heterocycles. The molecule has 0 aliphatic rings. The maximum Gasteiger partial charge on any atom is 0.183 e. The highest BCUT2D eigenvalue weighted by molar-refractivity contribution is 5.42. The van der Waals surface area contributed by atoms with Crippen molar-refractivity contribution >= 4 is 0 Å². The molecule has 0 saturated heterocycles. The molecule has 17 heavy (non-hydrogen) atoms. The number of nitrogens with zero attached hydrogens (tertiary/aromatic N) is 2. The predicted octanol–water partition coefficient (Wildman–Crippen LogP) is 0.879. The Morgan fingerprint density at radius 1 is 1.35 bits per heavy atom. The molecule has 0 spiro atoms. The topological polar surface area (TPSA) is 60.6 Å². The fourth-order valence-electron chi connectivity index (χ4n) is 1.71. The average molecular weight is 239 g/mol. The first-order chi connectivity index (χ1) is 8.26. The number of aromatic nitrogens is 1. The Balaban J connectivity index is 2.88. The minimum absolute atomic E-state index is 0.639. The molecular weight excluding hydrogens is 218 g/mol. The summed E-state index contributed by atoms with van der Waals surface area (Å²) >= 11 is 0. The molecule has 1 heterocycles. The second kappa shape index (κ2) is 7.09. The third-order valence-electron chi connectivity index (χ3n) is 2.63. The van der Waals surface area contributed by atoms with Gasteiger partial charge in [-0.1, -0.05) is 6.92 Å². The van der Waals surface area contributed by atoms with E-state index >= 15 is 0 Å². The third-order valence-corrected chi connectivity index (χ3v) is 2.63. The number of likely N-dealkylation sites (N-methyl/N-ethyl adjacent to an activating group) is 1. The lowest BCUT2D eigenvalue weighted by atomic mass is 10.2. The lowest BCUT2D eigenvalue weighted by Crippen LogP contribution is -2.29. The van der Waals surface area contributed by atoms with Crippen molar-refractivity contribution in [2.75, 3.05) is 33.9 Å². The third kappa shape index (κ3) is 3.57. The Kier molecular flexibility index (Phi) is 5.72. The van der Waals surface area contributed by atoms with Crippen molar-refractivity contribution in [1.82, 2.24) is 9.88 Å². The molecule has 2 N–H and O–H groups in total. The van der Waals surface area contributed by atoms with Crippen LogP contribution in [-0.4, -0.2) is 43.7 Å².